The van der Waals surface area contributed by atoms with Crippen molar-refractivity contribution in [3.63, 3.8) is 0 Å². The average Bonchev–Trinajstić information content (AvgIpc) is 2.40. The molecule has 2 aromatic rings. The first-order chi connectivity index (χ1) is 9.38. The van der Waals surface area contributed by atoms with Gasteiger partial charge in [0.25, 0.3) is 0 Å². The number of rotatable bonds is 2. The third-order valence-electron chi connectivity index (χ3n) is 3.13. The highest BCUT2D eigenvalue weighted by molar-refractivity contribution is 5.82. The van der Waals surface area contributed by atoms with Crippen molar-refractivity contribution in [1.29, 1.82) is 5.26 Å². The van der Waals surface area contributed by atoms with Gasteiger partial charge in [-0.25, -0.2) is 4.98 Å². The lowest BCUT2D eigenvalue weighted by Crippen LogP contribution is -2.23. The van der Waals surface area contributed by atoms with Gasteiger partial charge in [0.05, 0.1) is 21.5 Å². The molecule has 0 saturated carbocycles. The molecule has 0 amide bonds. The third-order valence-corrected chi connectivity index (χ3v) is 3.13. The number of hydrogen-bond donors (Lipinski definition) is 0. The SMILES string of the molecule is CC(C)c1c([N+](=O)[O-])c(=O)n(C)c2ccc(C#N)nc12. The summed E-state index contributed by atoms with van der Waals surface area (Å²) in [6, 6.07) is 4.96. The van der Waals surface area contributed by atoms with E-state index in [2.05, 4.69) is 4.98 Å². The van der Waals surface area contributed by atoms with E-state index < -0.39 is 16.2 Å². The maximum atomic E-state index is 12.1. The summed E-state index contributed by atoms with van der Waals surface area (Å²) >= 11 is 0. The number of nitro groups is 1. The average molecular weight is 272 g/mol. The van der Waals surface area contributed by atoms with Crippen LogP contribution in [-0.2, 0) is 7.05 Å². The summed E-state index contributed by atoms with van der Waals surface area (Å²) in [4.78, 5) is 26.8. The molecule has 0 atom stereocenters. The Hall–Kier alpha value is -2.75. The summed E-state index contributed by atoms with van der Waals surface area (Å²) in [6.07, 6.45) is 0. The van der Waals surface area contributed by atoms with Crippen LogP contribution in [0.15, 0.2) is 16.9 Å². The van der Waals surface area contributed by atoms with Gasteiger partial charge in [-0.3, -0.25) is 14.9 Å². The van der Waals surface area contributed by atoms with Gasteiger partial charge in [0.15, 0.2) is 0 Å². The van der Waals surface area contributed by atoms with E-state index in [0.29, 0.717) is 11.0 Å². The van der Waals surface area contributed by atoms with Crippen molar-refractivity contribution in [2.24, 2.45) is 7.05 Å². The van der Waals surface area contributed by atoms with E-state index in [1.54, 1.807) is 19.9 Å². The molecule has 20 heavy (non-hydrogen) atoms. The van der Waals surface area contributed by atoms with Crippen LogP contribution in [0.25, 0.3) is 11.0 Å². The minimum Gasteiger partial charge on any atom is -0.304 e. The molecule has 0 radical (unpaired) electrons. The molecule has 2 rings (SSSR count). The summed E-state index contributed by atoms with van der Waals surface area (Å²) in [5.74, 6) is -0.256. The molecule has 7 nitrogen and oxygen atoms in total. The van der Waals surface area contributed by atoms with Crippen LogP contribution < -0.4 is 5.56 Å². The quantitative estimate of drug-likeness (QED) is 0.613. The van der Waals surface area contributed by atoms with Crippen LogP contribution in [0, 0.1) is 21.4 Å². The zero-order chi connectivity index (χ0) is 15.0. The number of pyridine rings is 2. The van der Waals surface area contributed by atoms with Crippen molar-refractivity contribution >= 4 is 16.7 Å². The Balaban J connectivity index is 3.11. The fraction of sp³-hybridized carbons (Fsp3) is 0.308. The second-order valence-corrected chi connectivity index (χ2v) is 4.71. The minimum atomic E-state index is -0.683. The van der Waals surface area contributed by atoms with E-state index in [0.717, 1.165) is 0 Å². The van der Waals surface area contributed by atoms with Crippen LogP contribution in [-0.4, -0.2) is 14.5 Å². The van der Waals surface area contributed by atoms with Crippen molar-refractivity contribution in [2.75, 3.05) is 0 Å². The van der Waals surface area contributed by atoms with Gasteiger partial charge >= 0.3 is 11.2 Å². The van der Waals surface area contributed by atoms with Crippen LogP contribution in [0.4, 0.5) is 5.69 Å². The van der Waals surface area contributed by atoms with Crippen LogP contribution in [0.2, 0.25) is 0 Å². The molecule has 0 aliphatic heterocycles. The highest BCUT2D eigenvalue weighted by Crippen LogP contribution is 2.29. The maximum Gasteiger partial charge on any atom is 0.339 e. The summed E-state index contributed by atoms with van der Waals surface area (Å²) in [5.41, 5.74) is 0.0870. The predicted molar refractivity (Wildman–Crippen MR) is 72.4 cm³/mol. The number of hydrogen-bond acceptors (Lipinski definition) is 5. The first kappa shape index (κ1) is 13.7. The molecule has 102 valence electrons. The molecule has 2 aromatic heterocycles. The van der Waals surface area contributed by atoms with Gasteiger partial charge in [0.2, 0.25) is 0 Å². The number of nitriles is 1. The molecule has 0 aliphatic rings. The van der Waals surface area contributed by atoms with Gasteiger partial charge in [-0.2, -0.15) is 5.26 Å². The summed E-state index contributed by atoms with van der Waals surface area (Å²) in [6.45, 7) is 3.50. The van der Waals surface area contributed by atoms with Crippen molar-refractivity contribution in [1.82, 2.24) is 9.55 Å². The molecule has 0 aromatic carbocycles. The molecule has 0 fully saturated rings. The lowest BCUT2D eigenvalue weighted by Gasteiger charge is -2.12. The fourth-order valence-corrected chi connectivity index (χ4v) is 2.20. The number of aryl methyl sites for hydroxylation is 1. The molecule has 0 bridgehead atoms. The molecular weight excluding hydrogens is 260 g/mol. The topological polar surface area (TPSA) is 102 Å². The van der Waals surface area contributed by atoms with E-state index in [9.17, 15) is 14.9 Å². The van der Waals surface area contributed by atoms with Gasteiger partial charge in [-0.15, -0.1) is 0 Å². The zero-order valence-corrected chi connectivity index (χ0v) is 11.2. The monoisotopic (exact) mass is 272 g/mol. The largest absolute Gasteiger partial charge is 0.339 e. The molecule has 0 unspecified atom stereocenters. The Bertz CT molecular complexity index is 815. The lowest BCUT2D eigenvalue weighted by atomic mass is 10.00. The summed E-state index contributed by atoms with van der Waals surface area (Å²) in [5, 5.41) is 20.1. The van der Waals surface area contributed by atoms with Gasteiger partial charge in [0, 0.05) is 7.05 Å². The number of nitrogens with zero attached hydrogens (tertiary/aromatic N) is 4. The second kappa shape index (κ2) is 4.74. The van der Waals surface area contributed by atoms with Crippen LogP contribution in [0.5, 0.6) is 0 Å². The van der Waals surface area contributed by atoms with Gasteiger partial charge in [-0.05, 0) is 18.1 Å². The van der Waals surface area contributed by atoms with E-state index in [-0.39, 0.29) is 17.2 Å². The Morgan fingerprint density at radius 1 is 1.45 bits per heavy atom. The van der Waals surface area contributed by atoms with E-state index in [1.807, 2.05) is 6.07 Å². The van der Waals surface area contributed by atoms with Crippen LogP contribution in [0.3, 0.4) is 0 Å². The Kier molecular flexibility index (Phi) is 3.24. The maximum absolute atomic E-state index is 12.1. The fourth-order valence-electron chi connectivity index (χ4n) is 2.20. The first-order valence-electron chi connectivity index (χ1n) is 5.96. The van der Waals surface area contributed by atoms with Crippen LogP contribution in [0.1, 0.15) is 31.0 Å². The minimum absolute atomic E-state index is 0.160. The highest BCUT2D eigenvalue weighted by atomic mass is 16.6. The van der Waals surface area contributed by atoms with Gasteiger partial charge in [-0.1, -0.05) is 13.8 Å². The smallest absolute Gasteiger partial charge is 0.304 e. The number of fused-ring (bicyclic) bond motifs is 1. The molecule has 0 N–H and O–H groups in total. The number of aromatic nitrogens is 2. The molecule has 0 aliphatic carbocycles. The Labute approximate surface area is 114 Å². The summed E-state index contributed by atoms with van der Waals surface area (Å²) < 4.78 is 1.19. The third kappa shape index (κ3) is 1.91. The van der Waals surface area contributed by atoms with Crippen molar-refractivity contribution in [2.45, 2.75) is 19.8 Å². The molecule has 0 saturated heterocycles. The normalized spacial score (nSPS) is 10.8. The highest BCUT2D eigenvalue weighted by Gasteiger charge is 2.27. The summed E-state index contributed by atoms with van der Waals surface area (Å²) in [7, 11) is 1.45. The molecule has 0 spiro atoms. The standard InChI is InChI=1S/C13H12N4O3/c1-7(2)10-11-9(5-4-8(6-14)15-11)16(3)13(18)12(10)17(19)20/h4-5,7H,1-3H3. The van der Waals surface area contributed by atoms with Gasteiger partial charge < -0.3 is 4.57 Å². The van der Waals surface area contributed by atoms with Crippen molar-refractivity contribution in [3.8, 4) is 6.07 Å². The van der Waals surface area contributed by atoms with Crippen LogP contribution >= 0.6 is 0 Å². The Morgan fingerprint density at radius 3 is 2.60 bits per heavy atom. The van der Waals surface area contributed by atoms with Crippen molar-refractivity contribution in [3.05, 3.63) is 43.9 Å². The van der Waals surface area contributed by atoms with E-state index in [4.69, 9.17) is 5.26 Å². The lowest BCUT2D eigenvalue weighted by molar-refractivity contribution is -0.387. The van der Waals surface area contributed by atoms with Gasteiger partial charge in [0.1, 0.15) is 11.8 Å². The second-order valence-electron chi connectivity index (χ2n) is 4.71. The zero-order valence-electron chi connectivity index (χ0n) is 11.2. The predicted octanol–water partition coefficient (Wildman–Crippen LogP) is 1.84. The molecular formula is C13H12N4O3. The molecule has 2 heterocycles. The molecule has 7 heteroatoms. The Morgan fingerprint density at radius 2 is 2.10 bits per heavy atom. The van der Waals surface area contributed by atoms with Crippen molar-refractivity contribution < 1.29 is 4.92 Å². The van der Waals surface area contributed by atoms with E-state index >= 15 is 0 Å². The first-order valence-corrected chi connectivity index (χ1v) is 5.96. The van der Waals surface area contributed by atoms with E-state index in [1.165, 1.54) is 17.7 Å².